The summed E-state index contributed by atoms with van der Waals surface area (Å²) in [7, 11) is 1.20. The van der Waals surface area contributed by atoms with Crippen molar-refractivity contribution in [2.75, 3.05) is 7.11 Å². The Kier molecular flexibility index (Phi) is 5.01. The van der Waals surface area contributed by atoms with Crippen LogP contribution in [-0.4, -0.2) is 46.6 Å². The fourth-order valence-corrected chi connectivity index (χ4v) is 4.13. The van der Waals surface area contributed by atoms with Gasteiger partial charge in [0.05, 0.1) is 18.8 Å². The van der Waals surface area contributed by atoms with Crippen LogP contribution in [0.25, 0.3) is 5.57 Å². The van der Waals surface area contributed by atoms with E-state index in [2.05, 4.69) is 0 Å². The van der Waals surface area contributed by atoms with Crippen LogP contribution in [0.2, 0.25) is 0 Å². The third kappa shape index (κ3) is 3.45. The monoisotopic (exact) mass is 424 g/mol. The molecule has 0 radical (unpaired) electrons. The molecule has 4 rings (SSSR count). The van der Waals surface area contributed by atoms with E-state index in [1.165, 1.54) is 7.11 Å². The van der Waals surface area contributed by atoms with Crippen LogP contribution in [0.1, 0.15) is 30.5 Å². The molecular formula is C24H24O7. The third-order valence-corrected chi connectivity index (χ3v) is 5.85. The van der Waals surface area contributed by atoms with Crippen LogP contribution in [0.5, 0.6) is 5.75 Å². The Morgan fingerprint density at radius 3 is 2.55 bits per heavy atom. The molecule has 2 aromatic rings. The second-order valence-corrected chi connectivity index (χ2v) is 8.34. The standard InChI is InChI=1S/C24H24O7/c1-23(2)18(25)12-16-11-14(9-10-17(16)30-23)13-24(22(28)29-3)19(20(26)21(27)31-24)15-7-5-4-6-8-15/h4-11,18,25-26H,12-13H2,1-3H3. The molecule has 2 aliphatic rings. The van der Waals surface area contributed by atoms with Crippen LogP contribution in [0.15, 0.2) is 54.3 Å². The van der Waals surface area contributed by atoms with E-state index in [1.54, 1.807) is 42.5 Å². The first-order valence-electron chi connectivity index (χ1n) is 9.98. The number of fused-ring (bicyclic) bond motifs is 1. The largest absolute Gasteiger partial charge is 0.502 e. The molecule has 0 saturated heterocycles. The van der Waals surface area contributed by atoms with Gasteiger partial charge in [-0.25, -0.2) is 9.59 Å². The second-order valence-electron chi connectivity index (χ2n) is 8.34. The Hall–Kier alpha value is -3.32. The zero-order valence-electron chi connectivity index (χ0n) is 17.5. The average molecular weight is 424 g/mol. The fourth-order valence-electron chi connectivity index (χ4n) is 4.13. The van der Waals surface area contributed by atoms with Crippen molar-refractivity contribution in [3.63, 3.8) is 0 Å². The average Bonchev–Trinajstić information content (AvgIpc) is 2.99. The number of ether oxygens (including phenoxy) is 3. The molecule has 7 heteroatoms. The summed E-state index contributed by atoms with van der Waals surface area (Å²) in [5, 5.41) is 20.9. The second kappa shape index (κ2) is 7.42. The van der Waals surface area contributed by atoms with Gasteiger partial charge >= 0.3 is 11.9 Å². The molecule has 2 aliphatic heterocycles. The van der Waals surface area contributed by atoms with E-state index < -0.39 is 35.0 Å². The number of carbonyl (C=O) groups is 2. The van der Waals surface area contributed by atoms with Crippen LogP contribution < -0.4 is 4.74 Å². The van der Waals surface area contributed by atoms with Crippen LogP contribution in [0, 0.1) is 0 Å². The molecule has 0 spiro atoms. The Morgan fingerprint density at radius 2 is 1.87 bits per heavy atom. The lowest BCUT2D eigenvalue weighted by molar-refractivity contribution is -0.169. The number of carbonyl (C=O) groups excluding carboxylic acids is 2. The van der Waals surface area contributed by atoms with E-state index in [9.17, 15) is 19.8 Å². The zero-order chi connectivity index (χ0) is 22.4. The Morgan fingerprint density at radius 1 is 1.16 bits per heavy atom. The maximum absolute atomic E-state index is 12.9. The molecule has 0 amide bonds. The van der Waals surface area contributed by atoms with Gasteiger partial charge < -0.3 is 24.4 Å². The normalized spacial score (nSPS) is 24.3. The lowest BCUT2D eigenvalue weighted by Crippen LogP contribution is -2.46. The minimum atomic E-state index is -1.83. The SMILES string of the molecule is COC(=O)C1(Cc2ccc3c(c2)CC(O)C(C)(C)O3)OC(=O)C(O)=C1c1ccccc1. The molecule has 7 nitrogen and oxygen atoms in total. The first-order valence-corrected chi connectivity index (χ1v) is 9.98. The Labute approximate surface area is 179 Å². The van der Waals surface area contributed by atoms with E-state index in [0.717, 1.165) is 5.56 Å². The summed E-state index contributed by atoms with van der Waals surface area (Å²) < 4.78 is 16.4. The molecule has 2 N–H and O–H groups in total. The summed E-state index contributed by atoms with van der Waals surface area (Å²) in [6, 6.07) is 14.0. The molecule has 0 aromatic heterocycles. The van der Waals surface area contributed by atoms with E-state index in [4.69, 9.17) is 14.2 Å². The fraction of sp³-hybridized carbons (Fsp3) is 0.333. The van der Waals surface area contributed by atoms with Crippen molar-refractivity contribution >= 4 is 17.5 Å². The van der Waals surface area contributed by atoms with E-state index >= 15 is 0 Å². The minimum absolute atomic E-state index is 0.0491. The molecular weight excluding hydrogens is 400 g/mol. The highest BCUT2D eigenvalue weighted by Crippen LogP contribution is 2.43. The van der Waals surface area contributed by atoms with Crippen molar-refractivity contribution in [3.8, 4) is 5.75 Å². The van der Waals surface area contributed by atoms with Gasteiger partial charge in [0, 0.05) is 12.8 Å². The van der Waals surface area contributed by atoms with Gasteiger partial charge in [0.25, 0.3) is 0 Å². The summed E-state index contributed by atoms with van der Waals surface area (Å²) in [5.41, 5.74) is -0.551. The van der Waals surface area contributed by atoms with Crippen LogP contribution in [-0.2, 0) is 31.9 Å². The van der Waals surface area contributed by atoms with E-state index in [0.29, 0.717) is 23.3 Å². The molecule has 0 saturated carbocycles. The number of cyclic esters (lactones) is 1. The molecule has 0 aliphatic carbocycles. The molecule has 2 atom stereocenters. The first kappa shape index (κ1) is 20.9. The summed E-state index contributed by atoms with van der Waals surface area (Å²) in [6.07, 6.45) is -0.363. The summed E-state index contributed by atoms with van der Waals surface area (Å²) in [4.78, 5) is 25.3. The molecule has 162 valence electrons. The molecule has 2 aromatic carbocycles. The van der Waals surface area contributed by atoms with Gasteiger partial charge in [0.2, 0.25) is 11.4 Å². The van der Waals surface area contributed by atoms with Crippen LogP contribution in [0.4, 0.5) is 0 Å². The topological polar surface area (TPSA) is 102 Å². The zero-order valence-corrected chi connectivity index (χ0v) is 17.5. The van der Waals surface area contributed by atoms with Gasteiger partial charge in [0.15, 0.2) is 0 Å². The highest BCUT2D eigenvalue weighted by atomic mass is 16.6. The lowest BCUT2D eigenvalue weighted by Gasteiger charge is -2.37. The van der Waals surface area contributed by atoms with E-state index in [-0.39, 0.29) is 12.0 Å². The minimum Gasteiger partial charge on any atom is -0.502 e. The number of rotatable bonds is 4. The number of hydrogen-bond acceptors (Lipinski definition) is 7. The quantitative estimate of drug-likeness (QED) is 0.728. The number of esters is 2. The number of hydrogen-bond donors (Lipinski definition) is 2. The van der Waals surface area contributed by atoms with Crippen LogP contribution >= 0.6 is 0 Å². The van der Waals surface area contributed by atoms with Gasteiger partial charge in [-0.15, -0.1) is 0 Å². The molecule has 2 heterocycles. The summed E-state index contributed by atoms with van der Waals surface area (Å²) >= 11 is 0. The number of aliphatic hydroxyl groups excluding tert-OH is 2. The van der Waals surface area contributed by atoms with Crippen molar-refractivity contribution in [3.05, 3.63) is 71.0 Å². The predicted octanol–water partition coefficient (Wildman–Crippen LogP) is 2.74. The van der Waals surface area contributed by atoms with E-state index in [1.807, 2.05) is 19.9 Å². The number of aliphatic hydroxyl groups is 2. The van der Waals surface area contributed by atoms with Crippen molar-refractivity contribution in [2.45, 2.75) is 44.0 Å². The van der Waals surface area contributed by atoms with Gasteiger partial charge in [-0.1, -0.05) is 42.5 Å². The number of methoxy groups -OCH3 is 1. The number of benzene rings is 2. The highest BCUT2D eigenvalue weighted by molar-refractivity contribution is 6.11. The van der Waals surface area contributed by atoms with Gasteiger partial charge in [-0.2, -0.15) is 0 Å². The summed E-state index contributed by atoms with van der Waals surface area (Å²) in [5.74, 6) is -1.74. The van der Waals surface area contributed by atoms with Crippen molar-refractivity contribution in [2.24, 2.45) is 0 Å². The predicted molar refractivity (Wildman–Crippen MR) is 111 cm³/mol. The maximum Gasteiger partial charge on any atom is 0.375 e. The third-order valence-electron chi connectivity index (χ3n) is 5.85. The Bertz CT molecular complexity index is 1070. The highest BCUT2D eigenvalue weighted by Gasteiger charge is 2.55. The van der Waals surface area contributed by atoms with Gasteiger partial charge in [-0.05, 0) is 36.6 Å². The maximum atomic E-state index is 12.9. The smallest absolute Gasteiger partial charge is 0.375 e. The van der Waals surface area contributed by atoms with Crippen molar-refractivity contribution < 1.29 is 34.0 Å². The van der Waals surface area contributed by atoms with Gasteiger partial charge in [0.1, 0.15) is 11.4 Å². The lowest BCUT2D eigenvalue weighted by atomic mass is 9.82. The molecule has 2 unspecified atom stereocenters. The first-order chi connectivity index (χ1) is 14.7. The summed E-state index contributed by atoms with van der Waals surface area (Å²) in [6.45, 7) is 3.64. The van der Waals surface area contributed by atoms with Gasteiger partial charge in [-0.3, -0.25) is 0 Å². The molecule has 31 heavy (non-hydrogen) atoms. The Balaban J connectivity index is 1.78. The van der Waals surface area contributed by atoms with Crippen molar-refractivity contribution in [1.82, 2.24) is 0 Å². The van der Waals surface area contributed by atoms with Crippen molar-refractivity contribution in [1.29, 1.82) is 0 Å². The molecule has 0 fully saturated rings. The molecule has 0 bridgehead atoms. The van der Waals surface area contributed by atoms with Crippen LogP contribution in [0.3, 0.4) is 0 Å².